The van der Waals surface area contributed by atoms with Gasteiger partial charge in [0.1, 0.15) is 0 Å². The first kappa shape index (κ1) is 14.2. The van der Waals surface area contributed by atoms with Crippen LogP contribution in [0.3, 0.4) is 0 Å². The van der Waals surface area contributed by atoms with Crippen LogP contribution in [0, 0.1) is 0 Å². The Kier molecular flexibility index (Phi) is 4.70. The highest BCUT2D eigenvalue weighted by molar-refractivity contribution is 8.57. The van der Waals surface area contributed by atoms with Gasteiger partial charge in [-0.3, -0.25) is 9.24 Å². The van der Waals surface area contributed by atoms with E-state index >= 15 is 0 Å². The lowest BCUT2D eigenvalue weighted by atomic mass is 10.3. The molecule has 0 aliphatic heterocycles. The van der Waals surface area contributed by atoms with Gasteiger partial charge in [0.15, 0.2) is 0 Å². The molecule has 19 heavy (non-hydrogen) atoms. The zero-order valence-corrected chi connectivity index (χ0v) is 12.6. The van der Waals surface area contributed by atoms with Crippen LogP contribution in [-0.4, -0.2) is 14.2 Å². The summed E-state index contributed by atoms with van der Waals surface area (Å²) in [7, 11) is 3.27. The van der Waals surface area contributed by atoms with Crippen LogP contribution in [0.5, 0.6) is 0 Å². The lowest BCUT2D eigenvalue weighted by molar-refractivity contribution is 0.408. The zero-order valence-electron chi connectivity index (χ0n) is 10.9. The molecule has 0 aromatic heterocycles. The Hall–Kier alpha value is -1.22. The van der Waals surface area contributed by atoms with Crippen molar-refractivity contribution < 1.29 is 9.09 Å². The highest BCUT2D eigenvalue weighted by Crippen LogP contribution is 2.65. The van der Waals surface area contributed by atoms with E-state index in [9.17, 15) is 4.57 Å². The smallest absolute Gasteiger partial charge is 0.309 e. The molecular weight excluding hydrogens is 277 g/mol. The lowest BCUT2D eigenvalue weighted by Gasteiger charge is -2.27. The highest BCUT2D eigenvalue weighted by Gasteiger charge is 2.29. The summed E-state index contributed by atoms with van der Waals surface area (Å²) < 4.78 is 19.9. The first-order valence-electron chi connectivity index (χ1n) is 5.85. The van der Waals surface area contributed by atoms with Crippen molar-refractivity contribution in [3.05, 3.63) is 60.7 Å². The van der Waals surface area contributed by atoms with E-state index in [2.05, 4.69) is 0 Å². The maximum atomic E-state index is 12.9. The maximum Gasteiger partial charge on any atom is 0.357 e. The molecule has 2 aromatic rings. The van der Waals surface area contributed by atoms with E-state index in [0.29, 0.717) is 0 Å². The van der Waals surface area contributed by atoms with Crippen LogP contribution in [-0.2, 0) is 9.09 Å². The van der Waals surface area contributed by atoms with Gasteiger partial charge < -0.3 is 4.52 Å². The summed E-state index contributed by atoms with van der Waals surface area (Å²) >= 11 is 1.25. The van der Waals surface area contributed by atoms with Crippen molar-refractivity contribution in [1.82, 2.24) is 0 Å². The predicted molar refractivity (Wildman–Crippen MR) is 81.8 cm³/mol. The second kappa shape index (κ2) is 6.29. The summed E-state index contributed by atoms with van der Waals surface area (Å²) in [6.45, 7) is -2.99. The zero-order chi connectivity index (χ0) is 13.7. The topological polar surface area (TPSA) is 29.5 Å². The Morgan fingerprint density at radius 2 is 1.53 bits per heavy atom. The molecule has 100 valence electrons. The van der Waals surface area contributed by atoms with Gasteiger partial charge in [-0.05, 0) is 35.6 Å². The van der Waals surface area contributed by atoms with E-state index in [-0.39, 0.29) is 0 Å². The molecule has 0 radical (unpaired) electrons. The van der Waals surface area contributed by atoms with Gasteiger partial charge in [-0.2, -0.15) is 0 Å². The molecule has 0 aliphatic rings. The largest absolute Gasteiger partial charge is 0.357 e. The minimum atomic E-state index is -2.99. The average molecular weight is 293 g/mol. The molecule has 0 aliphatic carbocycles. The summed E-state index contributed by atoms with van der Waals surface area (Å²) in [5.74, 6) is 0. The number of hydrogen-bond donors (Lipinski definition) is 0. The fraction of sp³-hybridized carbons (Fsp3) is 0.143. The van der Waals surface area contributed by atoms with Crippen molar-refractivity contribution >= 4 is 23.8 Å². The second-order valence-electron chi connectivity index (χ2n) is 3.91. The Bertz CT molecular complexity index is 562. The summed E-state index contributed by atoms with van der Waals surface area (Å²) in [6, 6.07) is 19.2. The standard InChI is InChI=1S/C14H16NO2PS/c1-15(13-9-5-3-6-10-13)18(16,17-2)19-14-11-7-4-8-12-14/h3-12H,1-2H3. The van der Waals surface area contributed by atoms with Gasteiger partial charge in [-0.25, -0.2) is 0 Å². The van der Waals surface area contributed by atoms with E-state index in [4.69, 9.17) is 4.52 Å². The quantitative estimate of drug-likeness (QED) is 0.749. The molecule has 0 saturated heterocycles. The lowest BCUT2D eigenvalue weighted by Crippen LogP contribution is -2.12. The summed E-state index contributed by atoms with van der Waals surface area (Å²) in [5.41, 5.74) is 0.871. The van der Waals surface area contributed by atoms with Gasteiger partial charge in [-0.15, -0.1) is 0 Å². The molecule has 0 heterocycles. The predicted octanol–water partition coefficient (Wildman–Crippen LogP) is 4.67. The van der Waals surface area contributed by atoms with E-state index < -0.39 is 6.72 Å². The molecule has 2 rings (SSSR count). The minimum Gasteiger partial charge on any atom is -0.309 e. The van der Waals surface area contributed by atoms with Crippen molar-refractivity contribution in [2.45, 2.75) is 4.90 Å². The monoisotopic (exact) mass is 293 g/mol. The van der Waals surface area contributed by atoms with Crippen molar-refractivity contribution in [2.24, 2.45) is 0 Å². The fourth-order valence-electron chi connectivity index (χ4n) is 1.62. The van der Waals surface area contributed by atoms with Crippen LogP contribution in [0.4, 0.5) is 5.69 Å². The van der Waals surface area contributed by atoms with Crippen molar-refractivity contribution in [3.63, 3.8) is 0 Å². The fourth-order valence-corrected chi connectivity index (χ4v) is 5.06. The number of hydrogen-bond acceptors (Lipinski definition) is 3. The SMILES string of the molecule is COP(=O)(Sc1ccccc1)N(C)c1ccccc1. The molecule has 0 fully saturated rings. The molecule has 2 aromatic carbocycles. The van der Waals surface area contributed by atoms with E-state index in [1.54, 1.807) is 11.7 Å². The van der Waals surface area contributed by atoms with Crippen molar-refractivity contribution in [2.75, 3.05) is 18.8 Å². The molecular formula is C14H16NO2PS. The molecule has 0 saturated carbocycles. The summed E-state index contributed by atoms with van der Waals surface area (Å²) in [5, 5.41) is 0. The van der Waals surface area contributed by atoms with Crippen LogP contribution in [0.1, 0.15) is 0 Å². The van der Waals surface area contributed by atoms with Crippen LogP contribution in [0.25, 0.3) is 0 Å². The summed E-state index contributed by atoms with van der Waals surface area (Å²) in [6.07, 6.45) is 0. The molecule has 3 nitrogen and oxygen atoms in total. The van der Waals surface area contributed by atoms with Gasteiger partial charge in [0.25, 0.3) is 0 Å². The van der Waals surface area contributed by atoms with E-state index in [0.717, 1.165) is 10.6 Å². The van der Waals surface area contributed by atoms with Crippen molar-refractivity contribution in [3.8, 4) is 0 Å². The van der Waals surface area contributed by atoms with Gasteiger partial charge in [0.05, 0.1) is 0 Å². The van der Waals surface area contributed by atoms with Gasteiger partial charge in [0, 0.05) is 24.7 Å². The van der Waals surface area contributed by atoms with Gasteiger partial charge >= 0.3 is 6.72 Å². The molecule has 1 atom stereocenters. The highest BCUT2D eigenvalue weighted by atomic mass is 32.7. The number of para-hydroxylation sites is 1. The van der Waals surface area contributed by atoms with E-state index in [1.807, 2.05) is 60.7 Å². The molecule has 0 bridgehead atoms. The molecule has 0 amide bonds. The first-order valence-corrected chi connectivity index (χ1v) is 8.85. The third-order valence-corrected chi connectivity index (χ3v) is 7.34. The summed E-state index contributed by atoms with van der Waals surface area (Å²) in [4.78, 5) is 0.926. The van der Waals surface area contributed by atoms with E-state index in [1.165, 1.54) is 18.5 Å². The first-order chi connectivity index (χ1) is 9.15. The van der Waals surface area contributed by atoms with Crippen LogP contribution in [0.15, 0.2) is 65.6 Å². The molecule has 1 unspecified atom stereocenters. The number of anilines is 1. The third kappa shape index (κ3) is 3.41. The Balaban J connectivity index is 2.25. The van der Waals surface area contributed by atoms with Gasteiger partial charge in [-0.1, -0.05) is 36.4 Å². The number of benzene rings is 2. The normalized spacial score (nSPS) is 13.8. The third-order valence-electron chi connectivity index (χ3n) is 2.69. The van der Waals surface area contributed by atoms with Crippen LogP contribution in [0.2, 0.25) is 0 Å². The average Bonchev–Trinajstić information content (AvgIpc) is 2.48. The molecule has 5 heteroatoms. The minimum absolute atomic E-state index is 0.871. The second-order valence-corrected chi connectivity index (χ2v) is 8.40. The maximum absolute atomic E-state index is 12.9. The van der Waals surface area contributed by atoms with Crippen LogP contribution < -0.4 is 4.67 Å². The van der Waals surface area contributed by atoms with Crippen LogP contribution >= 0.6 is 18.1 Å². The number of nitrogens with zero attached hydrogens (tertiary/aromatic N) is 1. The number of rotatable bonds is 5. The Labute approximate surface area is 117 Å². The molecule has 0 spiro atoms. The Morgan fingerprint density at radius 3 is 2.05 bits per heavy atom. The molecule has 0 N–H and O–H groups in total. The van der Waals surface area contributed by atoms with Crippen molar-refractivity contribution in [1.29, 1.82) is 0 Å². The Morgan fingerprint density at radius 1 is 1.00 bits per heavy atom. The van der Waals surface area contributed by atoms with Gasteiger partial charge in [0.2, 0.25) is 0 Å².